The third-order valence-electron chi connectivity index (χ3n) is 4.48. The van der Waals surface area contributed by atoms with E-state index in [9.17, 15) is 9.59 Å². The first-order chi connectivity index (χ1) is 13.1. The van der Waals surface area contributed by atoms with Crippen LogP contribution in [0, 0.1) is 0 Å². The number of hydrogen-bond acceptors (Lipinski definition) is 2. The molecule has 0 saturated carbocycles. The minimum absolute atomic E-state index is 0.0479. The van der Waals surface area contributed by atoms with Crippen LogP contribution in [-0.4, -0.2) is 29.0 Å². The van der Waals surface area contributed by atoms with Crippen molar-refractivity contribution >= 4 is 22.7 Å². The van der Waals surface area contributed by atoms with E-state index in [4.69, 9.17) is 0 Å². The van der Waals surface area contributed by atoms with Crippen LogP contribution >= 0.6 is 0 Å². The number of aromatic nitrogens is 1. The molecule has 0 fully saturated rings. The van der Waals surface area contributed by atoms with Crippen LogP contribution in [0.5, 0.6) is 0 Å². The third-order valence-corrected chi connectivity index (χ3v) is 4.48. The fraction of sp³-hybridized carbons (Fsp3) is 0.273. The van der Waals surface area contributed by atoms with Crippen molar-refractivity contribution in [3.05, 3.63) is 72.4 Å². The molecular formula is C22H25N3O2. The van der Waals surface area contributed by atoms with Crippen molar-refractivity contribution in [2.75, 3.05) is 6.54 Å². The van der Waals surface area contributed by atoms with E-state index in [1.165, 1.54) is 10.9 Å². The first kappa shape index (κ1) is 18.7. The number of hydrogen-bond donors (Lipinski definition) is 2. The van der Waals surface area contributed by atoms with Gasteiger partial charge in [0.25, 0.3) is 5.91 Å². The summed E-state index contributed by atoms with van der Waals surface area (Å²) < 4.78 is 2.20. The van der Waals surface area contributed by atoms with Gasteiger partial charge in [0.2, 0.25) is 5.91 Å². The third kappa shape index (κ3) is 5.20. The molecule has 0 radical (unpaired) electrons. The van der Waals surface area contributed by atoms with Gasteiger partial charge in [-0.3, -0.25) is 9.59 Å². The minimum atomic E-state index is -0.217. The van der Waals surface area contributed by atoms with E-state index >= 15 is 0 Å². The molecule has 27 heavy (non-hydrogen) atoms. The molecule has 1 atom stereocenters. The van der Waals surface area contributed by atoms with Crippen molar-refractivity contribution in [3.63, 3.8) is 0 Å². The van der Waals surface area contributed by atoms with E-state index in [-0.39, 0.29) is 24.3 Å². The van der Waals surface area contributed by atoms with Crippen molar-refractivity contribution in [1.82, 2.24) is 15.2 Å². The van der Waals surface area contributed by atoms with Gasteiger partial charge in [-0.15, -0.1) is 0 Å². The summed E-state index contributed by atoms with van der Waals surface area (Å²) in [6, 6.07) is 19.2. The van der Waals surface area contributed by atoms with Gasteiger partial charge in [0, 0.05) is 42.8 Å². The van der Waals surface area contributed by atoms with Crippen LogP contribution in [0.1, 0.15) is 30.1 Å². The van der Waals surface area contributed by atoms with Gasteiger partial charge in [-0.2, -0.15) is 0 Å². The molecule has 1 heterocycles. The minimum Gasteiger partial charge on any atom is -0.356 e. The Morgan fingerprint density at radius 1 is 1.00 bits per heavy atom. The molecule has 5 heteroatoms. The average Bonchev–Trinajstić information content (AvgIpc) is 3.09. The van der Waals surface area contributed by atoms with Gasteiger partial charge in [-0.05, 0) is 43.0 Å². The number of para-hydroxylation sites is 1. The molecule has 3 aromatic rings. The second kappa shape index (κ2) is 9.03. The summed E-state index contributed by atoms with van der Waals surface area (Å²) in [5.74, 6) is -0.205. The fourth-order valence-electron chi connectivity index (χ4n) is 3.11. The highest BCUT2D eigenvalue weighted by molar-refractivity contribution is 5.94. The lowest BCUT2D eigenvalue weighted by molar-refractivity contribution is -0.121. The summed E-state index contributed by atoms with van der Waals surface area (Å²) in [5, 5.41) is 7.02. The molecule has 140 valence electrons. The van der Waals surface area contributed by atoms with Gasteiger partial charge >= 0.3 is 0 Å². The zero-order valence-corrected chi connectivity index (χ0v) is 15.5. The molecule has 1 aromatic heterocycles. The predicted molar refractivity (Wildman–Crippen MR) is 108 cm³/mol. The van der Waals surface area contributed by atoms with Crippen LogP contribution in [0.2, 0.25) is 0 Å². The smallest absolute Gasteiger partial charge is 0.251 e. The van der Waals surface area contributed by atoms with Crippen molar-refractivity contribution < 1.29 is 9.59 Å². The Morgan fingerprint density at radius 3 is 2.56 bits per heavy atom. The number of carbonyl (C=O) groups is 2. The molecular weight excluding hydrogens is 338 g/mol. The molecule has 3 rings (SSSR count). The largest absolute Gasteiger partial charge is 0.356 e. The number of fused-ring (bicyclic) bond motifs is 1. The maximum atomic E-state index is 12.1. The van der Waals surface area contributed by atoms with Gasteiger partial charge in [-0.1, -0.05) is 36.4 Å². The lowest BCUT2D eigenvalue weighted by Crippen LogP contribution is -2.37. The number of nitrogens with one attached hydrogen (secondary N) is 2. The summed E-state index contributed by atoms with van der Waals surface area (Å²) in [6.07, 6.45) is 3.20. The van der Waals surface area contributed by atoms with Gasteiger partial charge < -0.3 is 15.2 Å². The Kier molecular flexibility index (Phi) is 6.26. The Bertz CT molecular complexity index is 902. The monoisotopic (exact) mass is 363 g/mol. The van der Waals surface area contributed by atoms with Crippen molar-refractivity contribution in [1.29, 1.82) is 0 Å². The highest BCUT2D eigenvalue weighted by atomic mass is 16.2. The maximum Gasteiger partial charge on any atom is 0.251 e. The number of amides is 2. The Balaban J connectivity index is 1.37. The summed E-state index contributed by atoms with van der Waals surface area (Å²) in [7, 11) is 0. The SMILES string of the molecule is CC(CC(=O)NCCCn1ccc2ccccc21)NC(=O)c1ccccc1. The number of nitrogens with zero attached hydrogens (tertiary/aromatic N) is 1. The highest BCUT2D eigenvalue weighted by Crippen LogP contribution is 2.15. The summed E-state index contributed by atoms with van der Waals surface area (Å²) in [4.78, 5) is 24.2. The Hall–Kier alpha value is -3.08. The quantitative estimate of drug-likeness (QED) is 0.603. The van der Waals surface area contributed by atoms with E-state index in [0.717, 1.165) is 13.0 Å². The molecule has 2 N–H and O–H groups in total. The van der Waals surface area contributed by atoms with Crippen molar-refractivity contribution in [2.24, 2.45) is 0 Å². The summed E-state index contributed by atoms with van der Waals surface area (Å²) in [5.41, 5.74) is 1.81. The van der Waals surface area contributed by atoms with Crippen LogP contribution in [-0.2, 0) is 11.3 Å². The lowest BCUT2D eigenvalue weighted by atomic mass is 10.1. The standard InChI is InChI=1S/C22H25N3O2/c1-17(24-22(27)19-9-3-2-4-10-19)16-21(26)23-13-7-14-25-15-12-18-8-5-6-11-20(18)25/h2-6,8-12,15,17H,7,13-14,16H2,1H3,(H,23,26)(H,24,27). The van der Waals surface area contributed by atoms with Crippen LogP contribution in [0.4, 0.5) is 0 Å². The Labute approximate surface area is 159 Å². The summed E-state index contributed by atoms with van der Waals surface area (Å²) in [6.45, 7) is 3.31. The second-order valence-electron chi connectivity index (χ2n) is 6.72. The van der Waals surface area contributed by atoms with Gasteiger partial charge in [0.15, 0.2) is 0 Å². The molecule has 0 aliphatic carbocycles. The Morgan fingerprint density at radius 2 is 1.74 bits per heavy atom. The number of benzene rings is 2. The van der Waals surface area contributed by atoms with Gasteiger partial charge in [0.1, 0.15) is 0 Å². The zero-order valence-electron chi connectivity index (χ0n) is 15.5. The van der Waals surface area contributed by atoms with Gasteiger partial charge in [0.05, 0.1) is 0 Å². The highest BCUT2D eigenvalue weighted by Gasteiger charge is 2.12. The normalized spacial score (nSPS) is 11.9. The molecule has 2 aromatic carbocycles. The van der Waals surface area contributed by atoms with Crippen LogP contribution in [0.15, 0.2) is 66.9 Å². The first-order valence-corrected chi connectivity index (χ1v) is 9.30. The lowest BCUT2D eigenvalue weighted by Gasteiger charge is -2.14. The molecule has 2 amide bonds. The molecule has 0 bridgehead atoms. The van der Waals surface area contributed by atoms with Gasteiger partial charge in [-0.25, -0.2) is 0 Å². The predicted octanol–water partition coefficient (Wildman–Crippen LogP) is 3.36. The number of rotatable bonds is 8. The van der Waals surface area contributed by atoms with Crippen LogP contribution in [0.3, 0.4) is 0 Å². The number of carbonyl (C=O) groups excluding carboxylic acids is 2. The van der Waals surface area contributed by atoms with E-state index in [0.29, 0.717) is 12.1 Å². The van der Waals surface area contributed by atoms with Crippen molar-refractivity contribution in [3.8, 4) is 0 Å². The van der Waals surface area contributed by atoms with E-state index in [1.807, 2.05) is 37.3 Å². The molecule has 0 spiro atoms. The molecule has 0 saturated heterocycles. The van der Waals surface area contributed by atoms with E-state index in [1.54, 1.807) is 12.1 Å². The van der Waals surface area contributed by atoms with Crippen molar-refractivity contribution in [2.45, 2.75) is 32.4 Å². The van der Waals surface area contributed by atoms with E-state index in [2.05, 4.69) is 39.6 Å². The fourth-order valence-corrected chi connectivity index (χ4v) is 3.11. The maximum absolute atomic E-state index is 12.1. The molecule has 1 unspecified atom stereocenters. The zero-order chi connectivity index (χ0) is 19.1. The van der Waals surface area contributed by atoms with E-state index < -0.39 is 0 Å². The summed E-state index contributed by atoms with van der Waals surface area (Å²) >= 11 is 0. The second-order valence-corrected chi connectivity index (χ2v) is 6.72. The topological polar surface area (TPSA) is 63.1 Å². The average molecular weight is 363 g/mol. The number of aryl methyl sites for hydroxylation is 1. The molecule has 0 aliphatic rings. The van der Waals surface area contributed by atoms with Crippen LogP contribution in [0.25, 0.3) is 10.9 Å². The molecule has 0 aliphatic heterocycles. The first-order valence-electron chi connectivity index (χ1n) is 9.30. The molecule has 5 nitrogen and oxygen atoms in total. The van der Waals surface area contributed by atoms with Crippen LogP contribution < -0.4 is 10.6 Å².